The van der Waals surface area contributed by atoms with Crippen LogP contribution >= 0.6 is 0 Å². The van der Waals surface area contributed by atoms with Crippen LogP contribution in [0.4, 0.5) is 28.4 Å². The highest BCUT2D eigenvalue weighted by molar-refractivity contribution is 5.97. The predicted octanol–water partition coefficient (Wildman–Crippen LogP) is 13.7. The topological polar surface area (TPSA) is 6.48 Å². The molecular weight excluding hydrogens is 653 g/mol. The zero-order chi connectivity index (χ0) is 36.8. The molecule has 9 rings (SSSR count). The lowest BCUT2D eigenvalue weighted by atomic mass is 9.70. The van der Waals surface area contributed by atoms with E-state index in [2.05, 4.69) is 213 Å². The molecule has 0 radical (unpaired) electrons. The first kappa shape index (κ1) is 33.3. The number of rotatable bonds is 8. The zero-order valence-corrected chi connectivity index (χ0v) is 31.3. The highest BCUT2D eigenvalue weighted by Crippen LogP contribution is 2.63. The van der Waals surface area contributed by atoms with Gasteiger partial charge in [-0.15, -0.1) is 0 Å². The normalized spacial score (nSPS) is 13.3. The van der Waals surface area contributed by atoms with Gasteiger partial charge in [0.15, 0.2) is 0 Å². The van der Waals surface area contributed by atoms with Crippen LogP contribution in [0.1, 0.15) is 53.6 Å². The number of aryl methyl sites for hydroxylation is 2. The maximum Gasteiger partial charge on any atom is 0.0806 e. The lowest BCUT2D eigenvalue weighted by molar-refractivity contribution is 0.794. The molecule has 1 spiro atoms. The summed E-state index contributed by atoms with van der Waals surface area (Å²) < 4.78 is 0. The molecule has 0 N–H and O–H groups in total. The van der Waals surface area contributed by atoms with Gasteiger partial charge in [0.05, 0.1) is 5.41 Å². The molecule has 0 saturated heterocycles. The Hall–Kier alpha value is -6.56. The average molecular weight is 695 g/mol. The van der Waals surface area contributed by atoms with Gasteiger partial charge < -0.3 is 9.80 Å². The van der Waals surface area contributed by atoms with E-state index in [4.69, 9.17) is 0 Å². The summed E-state index contributed by atoms with van der Waals surface area (Å²) >= 11 is 0. The minimum Gasteiger partial charge on any atom is -0.311 e. The largest absolute Gasteiger partial charge is 0.311 e. The van der Waals surface area contributed by atoms with Crippen LogP contribution in [0.2, 0.25) is 0 Å². The van der Waals surface area contributed by atoms with E-state index in [1.807, 2.05) is 6.07 Å². The molecule has 0 aromatic heterocycles. The fraction of sp³-hybridized carbons (Fsp3) is 0.115. The third kappa shape index (κ3) is 5.19. The summed E-state index contributed by atoms with van der Waals surface area (Å²) in [7, 11) is 0. The first-order valence-electron chi connectivity index (χ1n) is 19.0. The van der Waals surface area contributed by atoms with Crippen LogP contribution in [0, 0.1) is 26.0 Å². The molecule has 0 heterocycles. The first-order valence-corrected chi connectivity index (χ1v) is 19.0. The standard InChI is InChI=1S/C52H42N2/c1-5-16-38(17-6-2)53(40-22-14-18-36(3)32-40)42-28-30-46-47-31-29-43(54(39-20-8-7-9-21-39)41-23-15-19-37(4)33-41)35-51(47)52(50(46)34-42)48-26-12-10-24-44(48)45-25-11-13-27-49(45)52/h5,7-12,14-26,28-35H,6H2,1-4H3/b16-5-,38-17+. The third-order valence-electron chi connectivity index (χ3n) is 11.0. The molecule has 1 unspecified atom stereocenters. The van der Waals surface area contributed by atoms with E-state index in [0.29, 0.717) is 0 Å². The quantitative estimate of drug-likeness (QED) is 0.146. The van der Waals surface area contributed by atoms with E-state index < -0.39 is 5.41 Å². The van der Waals surface area contributed by atoms with Crippen LogP contribution in [-0.2, 0) is 5.41 Å². The van der Waals surface area contributed by atoms with E-state index in [0.717, 1.165) is 46.1 Å². The van der Waals surface area contributed by atoms with Crippen molar-refractivity contribution in [3.05, 3.63) is 221 Å². The molecule has 0 fully saturated rings. The zero-order valence-electron chi connectivity index (χ0n) is 31.3. The second-order valence-corrected chi connectivity index (χ2v) is 14.4. The van der Waals surface area contributed by atoms with E-state index in [-0.39, 0.29) is 0 Å². The highest BCUT2D eigenvalue weighted by Gasteiger charge is 2.52. The Morgan fingerprint density at radius 2 is 1.17 bits per heavy atom. The van der Waals surface area contributed by atoms with Crippen molar-refractivity contribution >= 4 is 28.4 Å². The van der Waals surface area contributed by atoms with Gasteiger partial charge in [0.2, 0.25) is 0 Å². The number of hydrogen-bond donors (Lipinski definition) is 0. The molecule has 260 valence electrons. The van der Waals surface area contributed by atoms with Crippen LogP contribution in [0.15, 0.2) is 176 Å². The summed E-state index contributed by atoms with van der Waals surface area (Å²) in [5, 5.41) is 0. The smallest absolute Gasteiger partial charge is 0.0806 e. The van der Waals surface area contributed by atoms with Crippen LogP contribution < -0.4 is 9.80 Å². The maximum atomic E-state index is 3.71. The van der Waals surface area contributed by atoms with E-state index in [1.165, 1.54) is 50.1 Å². The fourth-order valence-electron chi connectivity index (χ4n) is 8.85. The fourth-order valence-corrected chi connectivity index (χ4v) is 8.85. The van der Waals surface area contributed by atoms with Gasteiger partial charge in [-0.05, 0) is 156 Å². The third-order valence-corrected chi connectivity index (χ3v) is 11.0. The molecule has 54 heavy (non-hydrogen) atoms. The Labute approximate surface area is 320 Å². The van der Waals surface area contributed by atoms with Crippen molar-refractivity contribution in [2.45, 2.75) is 39.5 Å². The van der Waals surface area contributed by atoms with Gasteiger partial charge in [-0.3, -0.25) is 0 Å². The minimum absolute atomic E-state index is 0.594. The molecule has 1 atom stereocenters. The van der Waals surface area contributed by atoms with Gasteiger partial charge in [-0.2, -0.15) is 0 Å². The van der Waals surface area contributed by atoms with Crippen LogP contribution in [0.3, 0.4) is 0 Å². The van der Waals surface area contributed by atoms with Crippen LogP contribution in [0.5, 0.6) is 0 Å². The minimum atomic E-state index is -0.594. The second kappa shape index (κ2) is 13.4. The summed E-state index contributed by atoms with van der Waals surface area (Å²) in [5.41, 5.74) is 18.6. The highest BCUT2D eigenvalue weighted by atomic mass is 15.2. The Morgan fingerprint density at radius 1 is 0.574 bits per heavy atom. The molecule has 0 bridgehead atoms. The molecule has 0 saturated carbocycles. The average Bonchev–Trinajstić information content (AvgIpc) is 3.66. The number of fused-ring (bicyclic) bond motifs is 10. The Morgan fingerprint density at radius 3 is 1.89 bits per heavy atom. The van der Waals surface area contributed by atoms with Gasteiger partial charge in [0.1, 0.15) is 0 Å². The Bertz CT molecular complexity index is 2550. The van der Waals surface area contributed by atoms with Crippen molar-refractivity contribution in [3.8, 4) is 22.3 Å². The second-order valence-electron chi connectivity index (χ2n) is 14.4. The van der Waals surface area contributed by atoms with Gasteiger partial charge in [0, 0.05) is 39.7 Å². The number of hydrogen-bond acceptors (Lipinski definition) is 2. The molecule has 2 aliphatic carbocycles. The number of nitrogens with zero attached hydrogens (tertiary/aromatic N) is 2. The lowest BCUT2D eigenvalue weighted by Gasteiger charge is -2.32. The monoisotopic (exact) mass is 694 g/mol. The summed E-state index contributed by atoms with van der Waals surface area (Å²) in [6.07, 6.45) is 7.61. The summed E-state index contributed by atoms with van der Waals surface area (Å²) in [4.78, 5) is 4.80. The Balaban J connectivity index is 1.34. The number of benzene rings is 6. The van der Waals surface area contributed by atoms with Gasteiger partial charge in [-0.1, -0.05) is 110 Å². The number of allylic oxidation sites excluding steroid dienone is 3. The van der Waals surface area contributed by atoms with Crippen molar-refractivity contribution in [3.63, 3.8) is 0 Å². The summed E-state index contributed by atoms with van der Waals surface area (Å²) in [6, 6.07) is 62.8. The van der Waals surface area contributed by atoms with Crippen molar-refractivity contribution < 1.29 is 0 Å². The van der Waals surface area contributed by atoms with Crippen molar-refractivity contribution in [2.24, 2.45) is 0 Å². The summed E-state index contributed by atoms with van der Waals surface area (Å²) in [6.45, 7) is 8.63. The number of para-hydroxylation sites is 1. The molecule has 7 aromatic rings. The van der Waals surface area contributed by atoms with E-state index >= 15 is 0 Å². The lowest BCUT2D eigenvalue weighted by Crippen LogP contribution is -2.26. The van der Waals surface area contributed by atoms with E-state index in [9.17, 15) is 0 Å². The SMILES string of the molecule is C/C=C\C(=C/CC)N(c1cccc(C)c1)c1ccc2c(c1)C1(c3c#cccc3-c3ccccc31)c1cc(N(c3ccccc3)c3cccc(C)c3)ccc1-2. The van der Waals surface area contributed by atoms with Crippen LogP contribution in [0.25, 0.3) is 22.3 Å². The van der Waals surface area contributed by atoms with Crippen molar-refractivity contribution in [1.82, 2.24) is 0 Å². The number of anilines is 5. The molecule has 0 amide bonds. The molecule has 2 nitrogen and oxygen atoms in total. The summed E-state index contributed by atoms with van der Waals surface area (Å²) in [5.74, 6) is 0. The first-order chi connectivity index (χ1) is 26.5. The predicted molar refractivity (Wildman–Crippen MR) is 226 cm³/mol. The molecule has 7 aromatic carbocycles. The molecule has 2 aliphatic rings. The van der Waals surface area contributed by atoms with Crippen LogP contribution in [-0.4, -0.2) is 0 Å². The van der Waals surface area contributed by atoms with Gasteiger partial charge >= 0.3 is 0 Å². The Kier molecular flexibility index (Phi) is 8.29. The van der Waals surface area contributed by atoms with Crippen molar-refractivity contribution in [1.29, 1.82) is 0 Å². The maximum absolute atomic E-state index is 3.71. The molecule has 2 heteroatoms. The van der Waals surface area contributed by atoms with Gasteiger partial charge in [-0.25, -0.2) is 0 Å². The molecular formula is C52H42N2. The van der Waals surface area contributed by atoms with Gasteiger partial charge in [0.25, 0.3) is 0 Å². The molecule has 0 aliphatic heterocycles. The van der Waals surface area contributed by atoms with Crippen molar-refractivity contribution in [2.75, 3.05) is 9.80 Å². The van der Waals surface area contributed by atoms with E-state index in [1.54, 1.807) is 0 Å².